The number of carbonyl (C=O) groups excluding carboxylic acids is 1. The summed E-state index contributed by atoms with van der Waals surface area (Å²) in [6, 6.07) is 1.94. The van der Waals surface area contributed by atoms with E-state index in [1.165, 1.54) is 24.2 Å². The number of hydrogen-bond acceptors (Lipinski definition) is 3. The van der Waals surface area contributed by atoms with Gasteiger partial charge in [0.15, 0.2) is 5.78 Å². The van der Waals surface area contributed by atoms with E-state index in [1.54, 1.807) is 0 Å². The molecule has 2 heterocycles. The number of rotatable bonds is 3. The van der Waals surface area contributed by atoms with Gasteiger partial charge in [0.25, 0.3) is 0 Å². The van der Waals surface area contributed by atoms with Gasteiger partial charge < -0.3 is 0 Å². The molecule has 88 valence electrons. The van der Waals surface area contributed by atoms with Gasteiger partial charge in [-0.1, -0.05) is 6.92 Å². The summed E-state index contributed by atoms with van der Waals surface area (Å²) in [6.45, 7) is 4.99. The van der Waals surface area contributed by atoms with Gasteiger partial charge in [-0.3, -0.25) is 9.69 Å². The van der Waals surface area contributed by atoms with Crippen LogP contribution in [0.1, 0.15) is 29.4 Å². The van der Waals surface area contributed by atoms with E-state index in [0.717, 1.165) is 28.4 Å². The number of piperidine rings is 1. The van der Waals surface area contributed by atoms with Crippen LogP contribution in [-0.4, -0.2) is 30.3 Å². The fraction of sp³-hybridized carbons (Fsp3) is 0.583. The first-order valence-electron chi connectivity index (χ1n) is 5.65. The van der Waals surface area contributed by atoms with Gasteiger partial charge in [-0.25, -0.2) is 0 Å². The van der Waals surface area contributed by atoms with Crippen LogP contribution in [0.3, 0.4) is 0 Å². The lowest BCUT2D eigenvalue weighted by molar-refractivity contribution is 0.0903. The molecule has 0 aliphatic carbocycles. The second-order valence-corrected chi connectivity index (χ2v) is 6.25. The van der Waals surface area contributed by atoms with Crippen LogP contribution in [0.5, 0.6) is 0 Å². The van der Waals surface area contributed by atoms with Crippen molar-refractivity contribution in [2.24, 2.45) is 5.92 Å². The van der Waals surface area contributed by atoms with Crippen LogP contribution < -0.4 is 0 Å². The van der Waals surface area contributed by atoms with E-state index in [0.29, 0.717) is 6.54 Å². The SMILES string of the molecule is CC1CCN(CC(=O)c2sccc2Br)CC1. The van der Waals surface area contributed by atoms with E-state index in [2.05, 4.69) is 27.8 Å². The van der Waals surface area contributed by atoms with Crippen molar-refractivity contribution in [3.05, 3.63) is 20.8 Å². The Labute approximate surface area is 109 Å². The standard InChI is InChI=1S/C12H16BrNOS/c1-9-2-5-14(6-3-9)8-11(15)12-10(13)4-7-16-12/h4,7,9H,2-3,5-6,8H2,1H3. The quantitative estimate of drug-likeness (QED) is 0.797. The Morgan fingerprint density at radius 2 is 2.25 bits per heavy atom. The van der Waals surface area contributed by atoms with Gasteiger partial charge in [0.05, 0.1) is 11.4 Å². The molecule has 1 aromatic heterocycles. The van der Waals surface area contributed by atoms with Crippen molar-refractivity contribution >= 4 is 33.0 Å². The topological polar surface area (TPSA) is 20.3 Å². The first-order valence-corrected chi connectivity index (χ1v) is 7.32. The lowest BCUT2D eigenvalue weighted by Crippen LogP contribution is -2.36. The third-order valence-corrected chi connectivity index (χ3v) is 4.99. The van der Waals surface area contributed by atoms with Gasteiger partial charge in [-0.2, -0.15) is 0 Å². The summed E-state index contributed by atoms with van der Waals surface area (Å²) in [5.74, 6) is 1.07. The van der Waals surface area contributed by atoms with Crippen molar-refractivity contribution in [1.29, 1.82) is 0 Å². The fourth-order valence-corrected chi connectivity index (χ4v) is 3.51. The zero-order chi connectivity index (χ0) is 11.5. The molecule has 2 rings (SSSR count). The molecule has 1 aliphatic rings. The minimum absolute atomic E-state index is 0.247. The first-order chi connectivity index (χ1) is 7.66. The molecule has 0 amide bonds. The zero-order valence-corrected chi connectivity index (χ0v) is 11.8. The number of likely N-dealkylation sites (tertiary alicyclic amines) is 1. The Kier molecular flexibility index (Phi) is 4.16. The van der Waals surface area contributed by atoms with Crippen LogP contribution in [0.25, 0.3) is 0 Å². The van der Waals surface area contributed by atoms with Crippen molar-refractivity contribution in [3.8, 4) is 0 Å². The molecule has 0 unspecified atom stereocenters. The van der Waals surface area contributed by atoms with Gasteiger partial charge in [0.2, 0.25) is 0 Å². The fourth-order valence-electron chi connectivity index (χ4n) is 1.99. The smallest absolute Gasteiger partial charge is 0.187 e. The molecule has 16 heavy (non-hydrogen) atoms. The average Bonchev–Trinajstić information content (AvgIpc) is 2.68. The summed E-state index contributed by atoms with van der Waals surface area (Å²) in [4.78, 5) is 15.1. The number of Topliss-reactive ketones (excluding diaryl/α,β-unsaturated/α-hetero) is 1. The predicted octanol–water partition coefficient (Wildman–Crippen LogP) is 3.43. The van der Waals surface area contributed by atoms with E-state index in [9.17, 15) is 4.79 Å². The van der Waals surface area contributed by atoms with Crippen molar-refractivity contribution in [3.63, 3.8) is 0 Å². The second-order valence-electron chi connectivity index (χ2n) is 4.48. The maximum Gasteiger partial charge on any atom is 0.187 e. The van der Waals surface area contributed by atoms with Crippen LogP contribution >= 0.6 is 27.3 Å². The monoisotopic (exact) mass is 301 g/mol. The minimum atomic E-state index is 0.247. The average molecular weight is 302 g/mol. The summed E-state index contributed by atoms with van der Waals surface area (Å²) >= 11 is 4.94. The Morgan fingerprint density at radius 3 is 2.81 bits per heavy atom. The summed E-state index contributed by atoms with van der Waals surface area (Å²) in [6.07, 6.45) is 2.44. The zero-order valence-electron chi connectivity index (χ0n) is 9.41. The van der Waals surface area contributed by atoms with Crippen molar-refractivity contribution in [1.82, 2.24) is 4.90 Å². The van der Waals surface area contributed by atoms with Gasteiger partial charge in [0, 0.05) is 4.47 Å². The summed E-state index contributed by atoms with van der Waals surface area (Å²) in [5, 5.41) is 1.95. The number of thiophene rings is 1. The van der Waals surface area contributed by atoms with E-state index in [-0.39, 0.29) is 5.78 Å². The van der Waals surface area contributed by atoms with E-state index in [4.69, 9.17) is 0 Å². The summed E-state index contributed by atoms with van der Waals surface area (Å²) < 4.78 is 0.938. The van der Waals surface area contributed by atoms with Crippen LogP contribution in [-0.2, 0) is 0 Å². The molecule has 0 saturated carbocycles. The number of ketones is 1. The molecule has 1 aliphatic heterocycles. The maximum absolute atomic E-state index is 12.0. The van der Waals surface area contributed by atoms with Gasteiger partial charge >= 0.3 is 0 Å². The van der Waals surface area contributed by atoms with Crippen molar-refractivity contribution < 1.29 is 4.79 Å². The Bertz CT molecular complexity index is 369. The van der Waals surface area contributed by atoms with Crippen LogP contribution in [0, 0.1) is 5.92 Å². The molecule has 1 aromatic rings. The molecule has 0 spiro atoms. The second kappa shape index (κ2) is 5.43. The Balaban J connectivity index is 1.91. The molecule has 1 saturated heterocycles. The highest BCUT2D eigenvalue weighted by Crippen LogP contribution is 2.24. The first kappa shape index (κ1) is 12.3. The van der Waals surface area contributed by atoms with E-state index in [1.807, 2.05) is 11.4 Å². The Hall–Kier alpha value is -0.190. The van der Waals surface area contributed by atoms with Crippen molar-refractivity contribution in [2.45, 2.75) is 19.8 Å². The summed E-state index contributed by atoms with van der Waals surface area (Å²) in [7, 11) is 0. The third kappa shape index (κ3) is 2.93. The largest absolute Gasteiger partial charge is 0.296 e. The number of hydrogen-bond donors (Lipinski definition) is 0. The number of nitrogens with zero attached hydrogens (tertiary/aromatic N) is 1. The van der Waals surface area contributed by atoms with Gasteiger partial charge in [-0.05, 0) is 59.2 Å². The van der Waals surface area contributed by atoms with Gasteiger partial charge in [0.1, 0.15) is 0 Å². The molecular weight excluding hydrogens is 286 g/mol. The normalized spacial score (nSPS) is 18.9. The molecule has 1 fully saturated rings. The Morgan fingerprint density at radius 1 is 1.56 bits per heavy atom. The molecule has 0 radical (unpaired) electrons. The molecule has 0 aromatic carbocycles. The van der Waals surface area contributed by atoms with Crippen LogP contribution in [0.15, 0.2) is 15.9 Å². The summed E-state index contributed by atoms with van der Waals surface area (Å²) in [5.41, 5.74) is 0. The molecular formula is C12H16BrNOS. The molecule has 2 nitrogen and oxygen atoms in total. The van der Waals surface area contributed by atoms with E-state index < -0.39 is 0 Å². The highest BCUT2D eigenvalue weighted by molar-refractivity contribution is 9.10. The predicted molar refractivity (Wildman–Crippen MR) is 71.2 cm³/mol. The maximum atomic E-state index is 12.0. The minimum Gasteiger partial charge on any atom is -0.296 e. The van der Waals surface area contributed by atoms with Crippen molar-refractivity contribution in [2.75, 3.05) is 19.6 Å². The van der Waals surface area contributed by atoms with Crippen LogP contribution in [0.4, 0.5) is 0 Å². The number of carbonyl (C=O) groups is 1. The van der Waals surface area contributed by atoms with E-state index >= 15 is 0 Å². The third-order valence-electron chi connectivity index (χ3n) is 3.11. The molecule has 0 atom stereocenters. The molecule has 0 bridgehead atoms. The molecule has 4 heteroatoms. The highest BCUT2D eigenvalue weighted by Gasteiger charge is 2.20. The highest BCUT2D eigenvalue weighted by atomic mass is 79.9. The molecule has 0 N–H and O–H groups in total. The van der Waals surface area contributed by atoms with Gasteiger partial charge in [-0.15, -0.1) is 11.3 Å². The lowest BCUT2D eigenvalue weighted by Gasteiger charge is -2.29. The number of halogens is 1. The lowest BCUT2D eigenvalue weighted by atomic mass is 9.99. The van der Waals surface area contributed by atoms with Crippen LogP contribution in [0.2, 0.25) is 0 Å².